The number of carbonyl (C=O) groups is 1. The highest BCUT2D eigenvalue weighted by Gasteiger charge is 2.42. The van der Waals surface area contributed by atoms with Crippen molar-refractivity contribution < 1.29 is 4.79 Å². The molecule has 1 aromatic carbocycles. The molecule has 6 heteroatoms. The molecule has 2 fully saturated rings. The first-order chi connectivity index (χ1) is 9.10. The van der Waals surface area contributed by atoms with Crippen LogP contribution in [0.5, 0.6) is 0 Å². The second-order valence-corrected chi connectivity index (χ2v) is 6.82. The van der Waals surface area contributed by atoms with Crippen LogP contribution in [0.25, 0.3) is 0 Å². The van der Waals surface area contributed by atoms with Gasteiger partial charge in [0.15, 0.2) is 0 Å². The molecule has 1 amide bonds. The maximum absolute atomic E-state index is 12.6. The molecule has 2 saturated heterocycles. The van der Waals surface area contributed by atoms with Gasteiger partial charge in [0.2, 0.25) is 0 Å². The molecule has 20 heavy (non-hydrogen) atoms. The molecule has 1 aromatic rings. The van der Waals surface area contributed by atoms with Gasteiger partial charge in [0, 0.05) is 34.5 Å². The second-order valence-electron chi connectivity index (χ2n) is 5.53. The second kappa shape index (κ2) is 6.22. The van der Waals surface area contributed by atoms with Crippen molar-refractivity contribution in [3.05, 3.63) is 33.3 Å². The normalized spacial score (nSPS) is 25.0. The van der Waals surface area contributed by atoms with Crippen molar-refractivity contribution in [1.82, 2.24) is 10.2 Å². The first kappa shape index (κ1) is 16.1. The summed E-state index contributed by atoms with van der Waals surface area (Å²) in [4.78, 5) is 14.5. The SMILES string of the molecule is Cl.O=C(c1ccc(Cl)cc1Br)N1CCC2(CCNC2)C1. The molecule has 1 atom stereocenters. The first-order valence-corrected chi connectivity index (χ1v) is 7.72. The number of hydrogen-bond acceptors (Lipinski definition) is 2. The Kier molecular flexibility index (Phi) is 5.00. The van der Waals surface area contributed by atoms with Crippen molar-refractivity contribution in [3.63, 3.8) is 0 Å². The van der Waals surface area contributed by atoms with Crippen LogP contribution in [-0.4, -0.2) is 37.0 Å². The summed E-state index contributed by atoms with van der Waals surface area (Å²) in [6.45, 7) is 3.84. The van der Waals surface area contributed by atoms with Gasteiger partial charge in [0.25, 0.3) is 5.91 Å². The summed E-state index contributed by atoms with van der Waals surface area (Å²) >= 11 is 9.34. The number of likely N-dealkylation sites (tertiary alicyclic amines) is 1. The third-order valence-electron chi connectivity index (χ3n) is 4.22. The molecule has 2 aliphatic rings. The molecule has 0 saturated carbocycles. The average molecular weight is 380 g/mol. The summed E-state index contributed by atoms with van der Waals surface area (Å²) in [6.07, 6.45) is 2.29. The molecule has 3 nitrogen and oxygen atoms in total. The largest absolute Gasteiger partial charge is 0.338 e. The highest BCUT2D eigenvalue weighted by Crippen LogP contribution is 2.37. The number of rotatable bonds is 1. The third kappa shape index (κ3) is 2.98. The Labute approximate surface area is 138 Å². The minimum atomic E-state index is 0. The zero-order valence-electron chi connectivity index (χ0n) is 11.0. The highest BCUT2D eigenvalue weighted by molar-refractivity contribution is 9.10. The minimum Gasteiger partial charge on any atom is -0.338 e. The topological polar surface area (TPSA) is 32.3 Å². The van der Waals surface area contributed by atoms with E-state index in [1.807, 2.05) is 4.90 Å². The van der Waals surface area contributed by atoms with E-state index in [2.05, 4.69) is 21.2 Å². The lowest BCUT2D eigenvalue weighted by atomic mass is 9.86. The summed E-state index contributed by atoms with van der Waals surface area (Å²) in [5, 5.41) is 4.05. The molecule has 1 N–H and O–H groups in total. The fourth-order valence-corrected chi connectivity index (χ4v) is 3.94. The van der Waals surface area contributed by atoms with Gasteiger partial charge >= 0.3 is 0 Å². The van der Waals surface area contributed by atoms with Crippen molar-refractivity contribution >= 4 is 45.8 Å². The van der Waals surface area contributed by atoms with E-state index >= 15 is 0 Å². The standard InChI is InChI=1S/C14H16BrClN2O.ClH/c15-12-7-10(16)1-2-11(12)13(19)18-6-4-14(9-18)3-5-17-8-14;/h1-2,7,17H,3-6,8-9H2;1H. The fraction of sp³-hybridized carbons (Fsp3) is 0.500. The number of carbonyl (C=O) groups excluding carboxylic acids is 1. The number of nitrogens with one attached hydrogen (secondary N) is 1. The lowest BCUT2D eigenvalue weighted by Gasteiger charge is -2.23. The number of hydrogen-bond donors (Lipinski definition) is 1. The van der Waals surface area contributed by atoms with Gasteiger partial charge in [-0.2, -0.15) is 0 Å². The van der Waals surface area contributed by atoms with Gasteiger partial charge in [-0.1, -0.05) is 11.6 Å². The Morgan fingerprint density at radius 3 is 2.85 bits per heavy atom. The predicted molar refractivity (Wildman–Crippen MR) is 86.8 cm³/mol. The zero-order chi connectivity index (χ0) is 13.5. The molecular weight excluding hydrogens is 363 g/mol. The lowest BCUT2D eigenvalue weighted by molar-refractivity contribution is 0.0775. The van der Waals surface area contributed by atoms with E-state index in [0.717, 1.165) is 37.1 Å². The van der Waals surface area contributed by atoms with Gasteiger partial charge in [-0.3, -0.25) is 4.79 Å². The van der Waals surface area contributed by atoms with Crippen molar-refractivity contribution in [2.45, 2.75) is 12.8 Å². The smallest absolute Gasteiger partial charge is 0.255 e. The van der Waals surface area contributed by atoms with Gasteiger partial charge in [0.1, 0.15) is 0 Å². The van der Waals surface area contributed by atoms with Crippen LogP contribution in [0, 0.1) is 5.41 Å². The van der Waals surface area contributed by atoms with E-state index in [1.54, 1.807) is 18.2 Å². The molecule has 1 spiro atoms. The maximum Gasteiger partial charge on any atom is 0.255 e. The Bertz CT molecular complexity index is 518. The van der Waals surface area contributed by atoms with Crippen LogP contribution in [-0.2, 0) is 0 Å². The maximum atomic E-state index is 12.6. The van der Waals surface area contributed by atoms with Crippen LogP contribution in [0.3, 0.4) is 0 Å². The van der Waals surface area contributed by atoms with Crippen molar-refractivity contribution in [3.8, 4) is 0 Å². The van der Waals surface area contributed by atoms with Gasteiger partial charge in [-0.05, 0) is 53.5 Å². The quantitative estimate of drug-likeness (QED) is 0.811. The summed E-state index contributed by atoms with van der Waals surface area (Å²) < 4.78 is 0.774. The van der Waals surface area contributed by atoms with E-state index in [4.69, 9.17) is 11.6 Å². The van der Waals surface area contributed by atoms with Crippen LogP contribution in [0.2, 0.25) is 5.02 Å². The van der Waals surface area contributed by atoms with Crippen LogP contribution >= 0.6 is 39.9 Å². The number of nitrogens with zero attached hydrogens (tertiary/aromatic N) is 1. The van der Waals surface area contributed by atoms with E-state index < -0.39 is 0 Å². The number of halogens is 3. The predicted octanol–water partition coefficient (Wildman–Crippen LogP) is 3.35. The molecule has 0 radical (unpaired) electrons. The molecule has 2 heterocycles. The van der Waals surface area contributed by atoms with Crippen LogP contribution in [0.1, 0.15) is 23.2 Å². The van der Waals surface area contributed by atoms with Gasteiger partial charge in [0.05, 0.1) is 5.56 Å². The van der Waals surface area contributed by atoms with Crippen LogP contribution < -0.4 is 5.32 Å². The molecule has 1 unspecified atom stereocenters. The molecule has 3 rings (SSSR count). The Hall–Kier alpha value is -0.290. The average Bonchev–Trinajstić information content (AvgIpc) is 3.00. The van der Waals surface area contributed by atoms with E-state index in [1.165, 1.54) is 6.42 Å². The van der Waals surface area contributed by atoms with Gasteiger partial charge < -0.3 is 10.2 Å². The van der Waals surface area contributed by atoms with Gasteiger partial charge in [-0.15, -0.1) is 12.4 Å². The van der Waals surface area contributed by atoms with Crippen LogP contribution in [0.15, 0.2) is 22.7 Å². The summed E-state index contributed by atoms with van der Waals surface area (Å²) in [7, 11) is 0. The fourth-order valence-electron chi connectivity index (χ4n) is 3.09. The Morgan fingerprint density at radius 2 is 2.20 bits per heavy atom. The molecule has 110 valence electrons. The number of benzene rings is 1. The lowest BCUT2D eigenvalue weighted by Crippen LogP contribution is -2.33. The summed E-state index contributed by atoms with van der Waals surface area (Å²) in [5.74, 6) is 0.104. The van der Waals surface area contributed by atoms with Crippen LogP contribution in [0.4, 0.5) is 0 Å². The molecule has 0 bridgehead atoms. The zero-order valence-corrected chi connectivity index (χ0v) is 14.2. The van der Waals surface area contributed by atoms with Crippen molar-refractivity contribution in [1.29, 1.82) is 0 Å². The first-order valence-electron chi connectivity index (χ1n) is 6.55. The molecule has 0 aliphatic carbocycles. The Morgan fingerprint density at radius 1 is 1.40 bits per heavy atom. The molecular formula is C14H17BrCl2N2O. The van der Waals surface area contributed by atoms with E-state index in [9.17, 15) is 4.79 Å². The number of amides is 1. The minimum absolute atomic E-state index is 0. The molecule has 2 aliphatic heterocycles. The highest BCUT2D eigenvalue weighted by atomic mass is 79.9. The van der Waals surface area contributed by atoms with Crippen molar-refractivity contribution in [2.75, 3.05) is 26.2 Å². The van der Waals surface area contributed by atoms with Crippen molar-refractivity contribution in [2.24, 2.45) is 5.41 Å². The van der Waals surface area contributed by atoms with E-state index in [0.29, 0.717) is 16.0 Å². The Balaban J connectivity index is 0.00000147. The summed E-state index contributed by atoms with van der Waals surface area (Å²) in [5.41, 5.74) is 1.02. The van der Waals surface area contributed by atoms with Gasteiger partial charge in [-0.25, -0.2) is 0 Å². The summed E-state index contributed by atoms with van der Waals surface area (Å²) in [6, 6.07) is 5.34. The monoisotopic (exact) mass is 378 g/mol. The van der Waals surface area contributed by atoms with E-state index in [-0.39, 0.29) is 18.3 Å². The third-order valence-corrected chi connectivity index (χ3v) is 5.11. The molecule has 0 aromatic heterocycles.